The standard InChI is InChI=1S/C14H15ClN3O3P/c1-21-13(19)9-8-16-14(15)18-12(9)17-10-6-4-5-7-11(10)22(2,3)20/h4-8H,1-3H3,(H,16,17,18). The molecule has 0 atom stereocenters. The zero-order chi connectivity index (χ0) is 16.3. The van der Waals surface area contributed by atoms with E-state index < -0.39 is 13.1 Å². The zero-order valence-corrected chi connectivity index (χ0v) is 14.0. The number of rotatable bonds is 4. The van der Waals surface area contributed by atoms with Crippen molar-refractivity contribution in [1.29, 1.82) is 0 Å². The zero-order valence-electron chi connectivity index (χ0n) is 12.3. The molecule has 1 aromatic heterocycles. The van der Waals surface area contributed by atoms with Gasteiger partial charge in [-0.15, -0.1) is 0 Å². The van der Waals surface area contributed by atoms with Crippen molar-refractivity contribution in [3.8, 4) is 0 Å². The number of para-hydroxylation sites is 1. The van der Waals surface area contributed by atoms with E-state index in [4.69, 9.17) is 16.3 Å². The Morgan fingerprint density at radius 1 is 1.32 bits per heavy atom. The minimum Gasteiger partial charge on any atom is -0.465 e. The molecule has 0 unspecified atom stereocenters. The van der Waals surface area contributed by atoms with Crippen LogP contribution in [0.25, 0.3) is 0 Å². The second-order valence-electron chi connectivity index (χ2n) is 4.89. The highest BCUT2D eigenvalue weighted by Gasteiger charge is 2.19. The molecule has 0 saturated heterocycles. The molecule has 2 aromatic rings. The van der Waals surface area contributed by atoms with Crippen LogP contribution in [0.15, 0.2) is 30.5 Å². The van der Waals surface area contributed by atoms with E-state index in [1.54, 1.807) is 37.6 Å². The molecule has 8 heteroatoms. The van der Waals surface area contributed by atoms with Gasteiger partial charge in [-0.25, -0.2) is 9.78 Å². The fourth-order valence-corrected chi connectivity index (χ4v) is 3.18. The Morgan fingerprint density at radius 2 is 2.00 bits per heavy atom. The van der Waals surface area contributed by atoms with Crippen LogP contribution in [0.1, 0.15) is 10.4 Å². The average molecular weight is 340 g/mol. The number of nitrogens with zero attached hydrogens (tertiary/aromatic N) is 2. The lowest BCUT2D eigenvalue weighted by molar-refractivity contribution is 0.0601. The molecule has 1 heterocycles. The topological polar surface area (TPSA) is 81.2 Å². The molecule has 0 fully saturated rings. The normalized spacial score (nSPS) is 11.1. The SMILES string of the molecule is COC(=O)c1cnc(Cl)nc1Nc1ccccc1P(C)(C)=O. The lowest BCUT2D eigenvalue weighted by Crippen LogP contribution is -2.13. The maximum absolute atomic E-state index is 12.4. The number of benzene rings is 1. The number of nitrogens with one attached hydrogen (secondary N) is 1. The fraction of sp³-hybridized carbons (Fsp3) is 0.214. The van der Waals surface area contributed by atoms with Gasteiger partial charge < -0.3 is 14.6 Å². The Labute approximate surface area is 133 Å². The molecule has 0 bridgehead atoms. The summed E-state index contributed by atoms with van der Waals surface area (Å²) in [6, 6.07) is 7.12. The number of carbonyl (C=O) groups is 1. The smallest absolute Gasteiger partial charge is 0.343 e. The Bertz CT molecular complexity index is 761. The summed E-state index contributed by atoms with van der Waals surface area (Å²) in [5, 5.41) is 3.64. The molecular formula is C14H15ClN3O3P. The molecular weight excluding hydrogens is 325 g/mol. The Morgan fingerprint density at radius 3 is 2.64 bits per heavy atom. The van der Waals surface area contributed by atoms with Crippen LogP contribution in [-0.4, -0.2) is 36.4 Å². The number of aromatic nitrogens is 2. The van der Waals surface area contributed by atoms with Gasteiger partial charge in [0.05, 0.1) is 12.8 Å². The molecule has 0 radical (unpaired) electrons. The van der Waals surface area contributed by atoms with E-state index in [9.17, 15) is 9.36 Å². The second kappa shape index (κ2) is 6.46. The molecule has 0 aliphatic rings. The molecule has 0 spiro atoms. The number of anilines is 2. The number of hydrogen-bond acceptors (Lipinski definition) is 6. The van der Waals surface area contributed by atoms with Gasteiger partial charge in [-0.1, -0.05) is 12.1 Å². The number of carbonyl (C=O) groups excluding carboxylic acids is 1. The van der Waals surface area contributed by atoms with Crippen molar-refractivity contribution < 1.29 is 14.1 Å². The van der Waals surface area contributed by atoms with E-state index in [1.165, 1.54) is 13.3 Å². The van der Waals surface area contributed by atoms with Gasteiger partial charge in [0.2, 0.25) is 5.28 Å². The highest BCUT2D eigenvalue weighted by Crippen LogP contribution is 2.38. The molecule has 6 nitrogen and oxygen atoms in total. The minimum absolute atomic E-state index is 0.0104. The van der Waals surface area contributed by atoms with E-state index >= 15 is 0 Å². The van der Waals surface area contributed by atoms with Crippen LogP contribution in [0.4, 0.5) is 11.5 Å². The van der Waals surface area contributed by atoms with Crippen LogP contribution < -0.4 is 10.6 Å². The molecule has 0 saturated carbocycles. The van der Waals surface area contributed by atoms with E-state index in [0.717, 1.165) is 0 Å². The van der Waals surface area contributed by atoms with Gasteiger partial charge in [-0.05, 0) is 37.1 Å². The van der Waals surface area contributed by atoms with Gasteiger partial charge >= 0.3 is 5.97 Å². The molecule has 2 rings (SSSR count). The van der Waals surface area contributed by atoms with Crippen molar-refractivity contribution in [2.45, 2.75) is 0 Å². The molecule has 1 aromatic carbocycles. The molecule has 116 valence electrons. The fourth-order valence-electron chi connectivity index (χ4n) is 1.89. The van der Waals surface area contributed by atoms with Gasteiger partial charge in [0.1, 0.15) is 18.5 Å². The van der Waals surface area contributed by atoms with Gasteiger partial charge in [0, 0.05) is 11.5 Å². The summed E-state index contributed by atoms with van der Waals surface area (Å²) in [6.07, 6.45) is 1.28. The van der Waals surface area contributed by atoms with Crippen molar-refractivity contribution in [2.24, 2.45) is 0 Å². The lowest BCUT2D eigenvalue weighted by atomic mass is 10.2. The van der Waals surface area contributed by atoms with E-state index in [-0.39, 0.29) is 16.7 Å². The highest BCUT2D eigenvalue weighted by atomic mass is 35.5. The quantitative estimate of drug-likeness (QED) is 0.524. The Kier molecular flexibility index (Phi) is 4.84. The first-order valence-electron chi connectivity index (χ1n) is 6.35. The number of ether oxygens (including phenoxy) is 1. The predicted molar refractivity (Wildman–Crippen MR) is 87.2 cm³/mol. The number of methoxy groups -OCH3 is 1. The monoisotopic (exact) mass is 339 g/mol. The number of esters is 1. The summed E-state index contributed by atoms with van der Waals surface area (Å²) < 4.78 is 17.1. The van der Waals surface area contributed by atoms with Gasteiger partial charge in [-0.2, -0.15) is 4.98 Å². The third-order valence-corrected chi connectivity index (χ3v) is 4.63. The summed E-state index contributed by atoms with van der Waals surface area (Å²) in [6.45, 7) is 3.34. The molecule has 0 aliphatic heterocycles. The van der Waals surface area contributed by atoms with E-state index in [1.807, 2.05) is 0 Å². The third kappa shape index (κ3) is 3.64. The average Bonchev–Trinajstić information content (AvgIpc) is 2.46. The summed E-state index contributed by atoms with van der Waals surface area (Å²) in [5.74, 6) is -0.388. The van der Waals surface area contributed by atoms with Crippen LogP contribution in [-0.2, 0) is 9.30 Å². The van der Waals surface area contributed by atoms with E-state index in [2.05, 4.69) is 15.3 Å². The molecule has 1 N–H and O–H groups in total. The van der Waals surface area contributed by atoms with Crippen molar-refractivity contribution in [3.63, 3.8) is 0 Å². The van der Waals surface area contributed by atoms with Crippen molar-refractivity contribution >= 4 is 41.5 Å². The van der Waals surface area contributed by atoms with Crippen LogP contribution in [0, 0.1) is 0 Å². The summed E-state index contributed by atoms with van der Waals surface area (Å²) >= 11 is 5.79. The maximum atomic E-state index is 12.4. The highest BCUT2D eigenvalue weighted by molar-refractivity contribution is 7.70. The van der Waals surface area contributed by atoms with E-state index in [0.29, 0.717) is 11.0 Å². The summed E-state index contributed by atoms with van der Waals surface area (Å²) in [4.78, 5) is 19.6. The molecule has 0 amide bonds. The van der Waals surface area contributed by atoms with Crippen molar-refractivity contribution in [2.75, 3.05) is 25.8 Å². The summed E-state index contributed by atoms with van der Waals surface area (Å²) in [7, 11) is -1.24. The van der Waals surface area contributed by atoms with Crippen LogP contribution in [0.2, 0.25) is 5.28 Å². The Balaban J connectivity index is 2.50. The first kappa shape index (κ1) is 16.5. The second-order valence-corrected chi connectivity index (χ2v) is 8.41. The maximum Gasteiger partial charge on any atom is 0.343 e. The minimum atomic E-state index is -2.51. The number of halogens is 1. The van der Waals surface area contributed by atoms with Gasteiger partial charge in [0.15, 0.2) is 0 Å². The lowest BCUT2D eigenvalue weighted by Gasteiger charge is -2.15. The molecule has 22 heavy (non-hydrogen) atoms. The van der Waals surface area contributed by atoms with Crippen molar-refractivity contribution in [3.05, 3.63) is 41.3 Å². The predicted octanol–water partition coefficient (Wildman–Crippen LogP) is 2.91. The van der Waals surface area contributed by atoms with Crippen LogP contribution in [0.5, 0.6) is 0 Å². The van der Waals surface area contributed by atoms with Crippen molar-refractivity contribution in [1.82, 2.24) is 9.97 Å². The third-order valence-electron chi connectivity index (χ3n) is 2.90. The largest absolute Gasteiger partial charge is 0.465 e. The Hall–Kier alpha value is -1.91. The first-order chi connectivity index (χ1) is 10.3. The van der Waals surface area contributed by atoms with Gasteiger partial charge in [0.25, 0.3) is 0 Å². The van der Waals surface area contributed by atoms with Crippen LogP contribution >= 0.6 is 18.7 Å². The first-order valence-corrected chi connectivity index (χ1v) is 9.33. The molecule has 0 aliphatic carbocycles. The summed E-state index contributed by atoms with van der Waals surface area (Å²) in [5.41, 5.74) is 0.736. The van der Waals surface area contributed by atoms with Gasteiger partial charge in [-0.3, -0.25) is 0 Å². The number of hydrogen-bond donors (Lipinski definition) is 1. The van der Waals surface area contributed by atoms with Crippen LogP contribution in [0.3, 0.4) is 0 Å².